The molecule has 8 N–H and O–H groups in total. The lowest BCUT2D eigenvalue weighted by molar-refractivity contribution is -0.143. The molecule has 0 saturated carbocycles. The van der Waals surface area contributed by atoms with E-state index in [4.69, 9.17) is 10.8 Å². The number of carbonyl (C=O) groups excluding carboxylic acids is 3. The third-order valence-corrected chi connectivity index (χ3v) is 4.39. The lowest BCUT2D eigenvalue weighted by Gasteiger charge is -2.26. The molecule has 0 aliphatic carbocycles. The fourth-order valence-electron chi connectivity index (χ4n) is 2.66. The molecule has 0 aromatic rings. The van der Waals surface area contributed by atoms with Gasteiger partial charge in [-0.1, -0.05) is 27.7 Å². The normalized spacial score (nSPS) is 15.0. The molecule has 0 rings (SSSR count). The van der Waals surface area contributed by atoms with Gasteiger partial charge in [0.25, 0.3) is 0 Å². The maximum absolute atomic E-state index is 12.5. The number of aliphatic hydroxyl groups is 1. The molecule has 3 amide bonds. The molecule has 4 unspecified atom stereocenters. The van der Waals surface area contributed by atoms with Crippen molar-refractivity contribution in [3.63, 3.8) is 0 Å². The Kier molecular flexibility index (Phi) is 12.4. The lowest BCUT2D eigenvalue weighted by Crippen LogP contribution is -2.59. The van der Waals surface area contributed by atoms with Crippen LogP contribution in [0.15, 0.2) is 0 Å². The summed E-state index contributed by atoms with van der Waals surface area (Å²) in [6.45, 7) is 6.20. The lowest BCUT2D eigenvalue weighted by atomic mass is 10.0. The van der Waals surface area contributed by atoms with Crippen molar-refractivity contribution in [3.8, 4) is 0 Å². The third-order valence-electron chi connectivity index (χ3n) is 4.39. The van der Waals surface area contributed by atoms with Gasteiger partial charge in [-0.05, 0) is 24.7 Å². The van der Waals surface area contributed by atoms with E-state index < -0.39 is 72.8 Å². The van der Waals surface area contributed by atoms with Crippen LogP contribution in [0.5, 0.6) is 0 Å². The standard InChI is InChI=1S/C19H34N4O8/c1-9(2)7-11(20)16(27)22-13(8-24)17(28)23-15(10(3)4)18(29)21-12(19(30)31)5-6-14(25)26/h9-13,15,24H,5-8,20H2,1-4H3,(H,21,29)(H,22,27)(H,23,28)(H,25,26)(H,30,31). The Hall–Kier alpha value is -2.73. The van der Waals surface area contributed by atoms with E-state index in [1.165, 1.54) is 0 Å². The highest BCUT2D eigenvalue weighted by molar-refractivity contribution is 5.94. The zero-order valence-corrected chi connectivity index (χ0v) is 18.3. The van der Waals surface area contributed by atoms with Crippen LogP contribution in [0.25, 0.3) is 0 Å². The van der Waals surface area contributed by atoms with Crippen LogP contribution in [0.1, 0.15) is 47.0 Å². The summed E-state index contributed by atoms with van der Waals surface area (Å²) in [7, 11) is 0. The van der Waals surface area contributed by atoms with Crippen LogP contribution >= 0.6 is 0 Å². The molecule has 178 valence electrons. The molecule has 0 aliphatic heterocycles. The van der Waals surface area contributed by atoms with Crippen molar-refractivity contribution in [2.45, 2.75) is 71.1 Å². The first-order valence-electron chi connectivity index (χ1n) is 10.0. The number of rotatable bonds is 14. The summed E-state index contributed by atoms with van der Waals surface area (Å²) in [6, 6.07) is -4.88. The van der Waals surface area contributed by atoms with Crippen LogP contribution in [0.4, 0.5) is 0 Å². The molecule has 0 aromatic heterocycles. The van der Waals surface area contributed by atoms with Crippen molar-refractivity contribution < 1.29 is 39.3 Å². The molecule has 0 fully saturated rings. The van der Waals surface area contributed by atoms with Crippen LogP contribution < -0.4 is 21.7 Å². The number of carboxylic acid groups (broad SMARTS) is 2. The molecule has 0 radical (unpaired) electrons. The van der Waals surface area contributed by atoms with Gasteiger partial charge in [0.05, 0.1) is 12.6 Å². The van der Waals surface area contributed by atoms with Crippen molar-refractivity contribution in [3.05, 3.63) is 0 Å². The predicted molar refractivity (Wildman–Crippen MR) is 110 cm³/mol. The number of nitrogens with one attached hydrogen (secondary N) is 3. The van der Waals surface area contributed by atoms with Gasteiger partial charge in [0.1, 0.15) is 18.1 Å². The number of amides is 3. The van der Waals surface area contributed by atoms with E-state index in [1.807, 2.05) is 13.8 Å². The summed E-state index contributed by atoms with van der Waals surface area (Å²) in [5.41, 5.74) is 5.77. The Balaban J connectivity index is 5.17. The molecule has 0 spiro atoms. The van der Waals surface area contributed by atoms with Gasteiger partial charge in [0.2, 0.25) is 17.7 Å². The van der Waals surface area contributed by atoms with Crippen molar-refractivity contribution in [2.24, 2.45) is 17.6 Å². The minimum Gasteiger partial charge on any atom is -0.481 e. The van der Waals surface area contributed by atoms with Gasteiger partial charge in [0, 0.05) is 6.42 Å². The van der Waals surface area contributed by atoms with Crippen LogP contribution in [-0.4, -0.2) is 75.8 Å². The second-order valence-electron chi connectivity index (χ2n) is 8.04. The van der Waals surface area contributed by atoms with Crippen molar-refractivity contribution in [2.75, 3.05) is 6.61 Å². The van der Waals surface area contributed by atoms with Crippen LogP contribution in [0, 0.1) is 11.8 Å². The molecule has 0 aromatic carbocycles. The number of aliphatic carboxylic acids is 2. The van der Waals surface area contributed by atoms with Crippen LogP contribution in [0.2, 0.25) is 0 Å². The molecule has 4 atom stereocenters. The van der Waals surface area contributed by atoms with E-state index >= 15 is 0 Å². The first-order chi connectivity index (χ1) is 14.3. The van der Waals surface area contributed by atoms with Gasteiger partial charge in [-0.3, -0.25) is 19.2 Å². The van der Waals surface area contributed by atoms with E-state index in [0.29, 0.717) is 6.42 Å². The van der Waals surface area contributed by atoms with Crippen LogP contribution in [-0.2, 0) is 24.0 Å². The van der Waals surface area contributed by atoms with Gasteiger partial charge in [0.15, 0.2) is 0 Å². The first-order valence-corrected chi connectivity index (χ1v) is 10.0. The molecule has 12 heteroatoms. The van der Waals surface area contributed by atoms with Gasteiger partial charge < -0.3 is 37.0 Å². The average Bonchev–Trinajstić information content (AvgIpc) is 2.65. The highest BCUT2D eigenvalue weighted by Gasteiger charge is 2.31. The number of aliphatic hydroxyl groups excluding tert-OH is 1. The highest BCUT2D eigenvalue weighted by Crippen LogP contribution is 2.06. The summed E-state index contributed by atoms with van der Waals surface area (Å²) < 4.78 is 0. The number of hydrogen-bond donors (Lipinski definition) is 7. The number of hydrogen-bond acceptors (Lipinski definition) is 7. The quantitative estimate of drug-likeness (QED) is 0.164. The Morgan fingerprint density at radius 3 is 1.81 bits per heavy atom. The minimum atomic E-state index is -1.45. The van der Waals surface area contributed by atoms with E-state index in [9.17, 15) is 34.2 Å². The summed E-state index contributed by atoms with van der Waals surface area (Å²) >= 11 is 0. The molecule has 12 nitrogen and oxygen atoms in total. The largest absolute Gasteiger partial charge is 0.481 e. The predicted octanol–water partition coefficient (Wildman–Crippen LogP) is -1.59. The Morgan fingerprint density at radius 2 is 1.39 bits per heavy atom. The number of carbonyl (C=O) groups is 5. The van der Waals surface area contributed by atoms with Gasteiger partial charge >= 0.3 is 11.9 Å². The fraction of sp³-hybridized carbons (Fsp3) is 0.737. The number of carboxylic acids is 2. The summed E-state index contributed by atoms with van der Waals surface area (Å²) in [5, 5.41) is 34.3. The molecular formula is C19H34N4O8. The van der Waals surface area contributed by atoms with Gasteiger partial charge in [-0.15, -0.1) is 0 Å². The highest BCUT2D eigenvalue weighted by atomic mass is 16.4. The molecule has 0 saturated heterocycles. The van der Waals surface area contributed by atoms with Gasteiger partial charge in [-0.25, -0.2) is 4.79 Å². The van der Waals surface area contributed by atoms with E-state index in [1.54, 1.807) is 13.8 Å². The Morgan fingerprint density at radius 1 is 0.839 bits per heavy atom. The number of nitrogens with two attached hydrogens (primary N) is 1. The monoisotopic (exact) mass is 446 g/mol. The smallest absolute Gasteiger partial charge is 0.326 e. The van der Waals surface area contributed by atoms with Crippen molar-refractivity contribution in [1.82, 2.24) is 16.0 Å². The summed E-state index contributed by atoms with van der Waals surface area (Å²) in [4.78, 5) is 59.1. The second kappa shape index (κ2) is 13.5. The Bertz CT molecular complexity index is 653. The molecule has 0 heterocycles. The summed E-state index contributed by atoms with van der Waals surface area (Å²) in [5.74, 6) is -5.28. The second-order valence-corrected chi connectivity index (χ2v) is 8.04. The van der Waals surface area contributed by atoms with E-state index in [2.05, 4.69) is 16.0 Å². The fourth-order valence-corrected chi connectivity index (χ4v) is 2.66. The van der Waals surface area contributed by atoms with Crippen LogP contribution in [0.3, 0.4) is 0 Å². The third kappa shape index (κ3) is 10.7. The van der Waals surface area contributed by atoms with Gasteiger partial charge in [-0.2, -0.15) is 0 Å². The zero-order valence-electron chi connectivity index (χ0n) is 18.3. The average molecular weight is 447 g/mol. The molecule has 0 bridgehead atoms. The summed E-state index contributed by atoms with van der Waals surface area (Å²) in [6.07, 6.45) is -0.432. The SMILES string of the molecule is CC(C)CC(N)C(=O)NC(CO)C(=O)NC(C(=O)NC(CCC(=O)O)C(=O)O)C(C)C. The van der Waals surface area contributed by atoms with E-state index in [-0.39, 0.29) is 12.3 Å². The maximum Gasteiger partial charge on any atom is 0.326 e. The first kappa shape index (κ1) is 28.3. The molecule has 0 aliphatic rings. The zero-order chi connectivity index (χ0) is 24.3. The Labute approximate surface area is 180 Å². The molecular weight excluding hydrogens is 412 g/mol. The van der Waals surface area contributed by atoms with Crippen molar-refractivity contribution >= 4 is 29.7 Å². The van der Waals surface area contributed by atoms with E-state index in [0.717, 1.165) is 0 Å². The maximum atomic E-state index is 12.5. The molecule has 31 heavy (non-hydrogen) atoms. The topological polar surface area (TPSA) is 208 Å². The minimum absolute atomic E-state index is 0.138. The van der Waals surface area contributed by atoms with Crippen molar-refractivity contribution in [1.29, 1.82) is 0 Å².